The summed E-state index contributed by atoms with van der Waals surface area (Å²) in [6.45, 7) is 0.181. The number of carbonyl (C=O) groups excluding carboxylic acids is 3. The van der Waals surface area contributed by atoms with Crippen LogP contribution in [0, 0.1) is 11.3 Å². The summed E-state index contributed by atoms with van der Waals surface area (Å²) in [6, 6.07) is 21.6. The number of nitrogen functional groups attached to an aromatic ring is 1. The first-order chi connectivity index (χ1) is 18.7. The predicted octanol–water partition coefficient (Wildman–Crippen LogP) is 4.12. The molecule has 3 aromatic rings. The number of nitrogens with two attached hydrogens (primary N) is 1. The van der Waals surface area contributed by atoms with E-state index in [0.717, 1.165) is 11.1 Å². The molecule has 3 N–H and O–H groups in total. The summed E-state index contributed by atoms with van der Waals surface area (Å²) in [5.41, 5.74) is 9.05. The van der Waals surface area contributed by atoms with Gasteiger partial charge >= 0.3 is 5.97 Å². The summed E-state index contributed by atoms with van der Waals surface area (Å²) in [5, 5.41) is 7.54. The minimum absolute atomic E-state index is 0. The van der Waals surface area contributed by atoms with Crippen molar-refractivity contribution in [2.75, 3.05) is 32.7 Å². The van der Waals surface area contributed by atoms with Crippen LogP contribution in [0.1, 0.15) is 28.8 Å². The molecule has 40 heavy (non-hydrogen) atoms. The highest BCUT2D eigenvalue weighted by molar-refractivity contribution is 6.07. The molecule has 1 fully saturated rings. The molecule has 1 saturated heterocycles. The molecule has 2 atom stereocenters. The molecule has 2 amide bonds. The Kier molecular flexibility index (Phi) is 9.90. The van der Waals surface area contributed by atoms with E-state index in [0.29, 0.717) is 29.0 Å². The zero-order valence-corrected chi connectivity index (χ0v) is 23.4. The molecule has 1 aliphatic heterocycles. The van der Waals surface area contributed by atoms with Crippen molar-refractivity contribution in [3.63, 3.8) is 0 Å². The van der Waals surface area contributed by atoms with Crippen molar-refractivity contribution in [3.8, 4) is 16.9 Å². The lowest BCUT2D eigenvalue weighted by atomic mass is 10.0. The van der Waals surface area contributed by atoms with Crippen molar-refractivity contribution in [1.29, 1.82) is 5.41 Å². The summed E-state index contributed by atoms with van der Waals surface area (Å²) in [6.07, 6.45) is 0.349. The topological polar surface area (TPSA) is 126 Å². The van der Waals surface area contributed by atoms with Gasteiger partial charge in [0.1, 0.15) is 18.2 Å². The lowest BCUT2D eigenvalue weighted by Crippen LogP contribution is -2.39. The van der Waals surface area contributed by atoms with E-state index in [2.05, 4.69) is 0 Å². The van der Waals surface area contributed by atoms with Crippen molar-refractivity contribution in [2.24, 2.45) is 11.7 Å². The smallest absolute Gasteiger partial charge is 0.306 e. The van der Waals surface area contributed by atoms with Crippen LogP contribution in [0.5, 0.6) is 5.75 Å². The van der Waals surface area contributed by atoms with E-state index in [1.807, 2.05) is 36.4 Å². The third-order valence-corrected chi connectivity index (χ3v) is 6.78. The number of amides is 2. The second kappa shape index (κ2) is 13.1. The summed E-state index contributed by atoms with van der Waals surface area (Å²) in [7, 11) is 4.62. The second-order valence-electron chi connectivity index (χ2n) is 9.62. The fraction of sp³-hybridized carbons (Fsp3) is 0.267. The van der Waals surface area contributed by atoms with Gasteiger partial charge in [-0.25, -0.2) is 0 Å². The Morgan fingerprint density at radius 2 is 1.60 bits per heavy atom. The molecule has 0 spiro atoms. The first kappa shape index (κ1) is 30.2. The average Bonchev–Trinajstić information content (AvgIpc) is 3.25. The lowest BCUT2D eigenvalue weighted by Gasteiger charge is -2.27. The number of hydrogen-bond acceptors (Lipinski definition) is 6. The maximum Gasteiger partial charge on any atom is 0.306 e. The van der Waals surface area contributed by atoms with Crippen LogP contribution >= 0.6 is 12.4 Å². The van der Waals surface area contributed by atoms with Crippen molar-refractivity contribution in [3.05, 3.63) is 83.9 Å². The Bertz CT molecular complexity index is 1380. The number of ether oxygens (including phenoxy) is 2. The van der Waals surface area contributed by atoms with E-state index in [4.69, 9.17) is 20.6 Å². The monoisotopic (exact) mass is 564 g/mol. The van der Waals surface area contributed by atoms with Gasteiger partial charge in [-0.15, -0.1) is 12.4 Å². The van der Waals surface area contributed by atoms with Gasteiger partial charge in [0.2, 0.25) is 5.91 Å². The number of benzene rings is 3. The maximum absolute atomic E-state index is 13.5. The number of nitrogens with zero attached hydrogens (tertiary/aromatic N) is 2. The van der Waals surface area contributed by atoms with Crippen LogP contribution in [0.15, 0.2) is 72.8 Å². The molecule has 0 aliphatic carbocycles. The summed E-state index contributed by atoms with van der Waals surface area (Å²) in [4.78, 5) is 41.5. The van der Waals surface area contributed by atoms with Gasteiger partial charge in [-0.2, -0.15) is 0 Å². The van der Waals surface area contributed by atoms with Crippen LogP contribution < -0.4 is 15.4 Å². The van der Waals surface area contributed by atoms with Crippen LogP contribution in [0.2, 0.25) is 0 Å². The van der Waals surface area contributed by atoms with Gasteiger partial charge in [0.25, 0.3) is 5.91 Å². The number of rotatable bonds is 9. The predicted molar refractivity (Wildman–Crippen MR) is 156 cm³/mol. The van der Waals surface area contributed by atoms with E-state index >= 15 is 0 Å². The Morgan fingerprint density at radius 3 is 2.17 bits per heavy atom. The first-order valence-electron chi connectivity index (χ1n) is 12.6. The van der Waals surface area contributed by atoms with Gasteiger partial charge in [0.05, 0.1) is 36.7 Å². The number of esters is 1. The number of carbonyl (C=O) groups is 3. The molecule has 0 radical (unpaired) electrons. The molecule has 1 heterocycles. The Hall–Kier alpha value is -4.37. The zero-order chi connectivity index (χ0) is 28.1. The normalized spacial score (nSPS) is 16.2. The molecule has 0 saturated carbocycles. The van der Waals surface area contributed by atoms with Crippen molar-refractivity contribution in [1.82, 2.24) is 4.90 Å². The summed E-state index contributed by atoms with van der Waals surface area (Å²) in [5.74, 6) is -0.847. The lowest BCUT2D eigenvalue weighted by molar-refractivity contribution is -0.143. The third kappa shape index (κ3) is 6.60. The number of anilines is 1. The Labute approximate surface area is 239 Å². The van der Waals surface area contributed by atoms with Gasteiger partial charge in [0, 0.05) is 19.7 Å². The largest absolute Gasteiger partial charge is 0.491 e. The van der Waals surface area contributed by atoms with E-state index in [1.54, 1.807) is 55.4 Å². The van der Waals surface area contributed by atoms with Crippen LogP contribution in [-0.2, 0) is 14.3 Å². The van der Waals surface area contributed by atoms with E-state index in [-0.39, 0.29) is 49.1 Å². The highest BCUT2D eigenvalue weighted by Gasteiger charge is 2.43. The van der Waals surface area contributed by atoms with Crippen LogP contribution in [0.25, 0.3) is 11.1 Å². The average molecular weight is 565 g/mol. The van der Waals surface area contributed by atoms with Crippen LogP contribution in [0.4, 0.5) is 5.69 Å². The SMILES string of the molecule is COC(=O)C[C@@H]1C[C@@H](COc2ccc(-c3ccc(C(=N)N)cc3)cc2)N(c2ccccc2C(=O)N(C)C)C1=O.Cl. The van der Waals surface area contributed by atoms with Crippen molar-refractivity contribution < 1.29 is 23.9 Å². The number of methoxy groups -OCH3 is 1. The molecule has 0 aromatic heterocycles. The van der Waals surface area contributed by atoms with E-state index < -0.39 is 11.9 Å². The highest BCUT2D eigenvalue weighted by Crippen LogP contribution is 2.35. The van der Waals surface area contributed by atoms with Gasteiger partial charge < -0.3 is 25.0 Å². The fourth-order valence-electron chi connectivity index (χ4n) is 4.71. The van der Waals surface area contributed by atoms with Crippen LogP contribution in [0.3, 0.4) is 0 Å². The number of hydrogen-bond donors (Lipinski definition) is 2. The quantitative estimate of drug-likeness (QED) is 0.229. The molecule has 1 aliphatic rings. The minimum atomic E-state index is -0.575. The Morgan fingerprint density at radius 1 is 1.00 bits per heavy atom. The van der Waals surface area contributed by atoms with Gasteiger partial charge in [-0.05, 0) is 41.8 Å². The van der Waals surface area contributed by atoms with Crippen LogP contribution in [-0.4, -0.2) is 62.4 Å². The molecule has 0 unspecified atom stereocenters. The molecular formula is C30H33ClN4O5. The summed E-state index contributed by atoms with van der Waals surface area (Å²) < 4.78 is 10.9. The number of nitrogens with one attached hydrogen (secondary N) is 1. The molecule has 3 aromatic carbocycles. The Balaban J connectivity index is 0.00000441. The number of halogens is 1. The molecular weight excluding hydrogens is 532 g/mol. The zero-order valence-electron chi connectivity index (χ0n) is 22.6. The molecule has 4 rings (SSSR count). The third-order valence-electron chi connectivity index (χ3n) is 6.78. The van der Waals surface area contributed by atoms with E-state index in [1.165, 1.54) is 12.0 Å². The van der Waals surface area contributed by atoms with Crippen molar-refractivity contribution >= 4 is 41.7 Å². The molecule has 0 bridgehead atoms. The second-order valence-corrected chi connectivity index (χ2v) is 9.62. The molecule has 9 nitrogen and oxygen atoms in total. The standard InChI is InChI=1S/C30H32N4O5.ClH/c1-33(2)30(37)25-6-4-5-7-26(25)34-23(16-22(29(34)36)17-27(35)38-3)18-39-24-14-12-20(13-15-24)19-8-10-21(11-9-19)28(31)32;/h4-15,22-23H,16-18H2,1-3H3,(H3,31,32);1H/t22-,23-;/m0./s1. The minimum Gasteiger partial charge on any atom is -0.491 e. The van der Waals surface area contributed by atoms with Gasteiger partial charge in [-0.1, -0.05) is 48.5 Å². The molecule has 10 heteroatoms. The number of amidine groups is 1. The highest BCUT2D eigenvalue weighted by atomic mass is 35.5. The van der Waals surface area contributed by atoms with Crippen molar-refractivity contribution in [2.45, 2.75) is 18.9 Å². The summed E-state index contributed by atoms with van der Waals surface area (Å²) >= 11 is 0. The molecule has 210 valence electrons. The first-order valence-corrected chi connectivity index (χ1v) is 12.6. The maximum atomic E-state index is 13.5. The van der Waals surface area contributed by atoms with E-state index in [9.17, 15) is 14.4 Å². The fourth-order valence-corrected chi connectivity index (χ4v) is 4.71. The number of para-hydroxylation sites is 1. The van der Waals surface area contributed by atoms with Gasteiger partial charge in [-0.3, -0.25) is 19.8 Å². The van der Waals surface area contributed by atoms with Gasteiger partial charge in [0.15, 0.2) is 0 Å².